The molecule has 286 valence electrons. The first kappa shape index (κ1) is 43.7. The Kier molecular flexibility index (Phi) is 17.8. The summed E-state index contributed by atoms with van der Waals surface area (Å²) in [7, 11) is -2.63. The molecular weight excluding hydrogens is 721 g/mol. The van der Waals surface area contributed by atoms with Crippen molar-refractivity contribution in [3.05, 3.63) is 72.3 Å². The number of carbonyl (C=O) groups is 2. The van der Waals surface area contributed by atoms with Crippen LogP contribution in [0.2, 0.25) is 0 Å². The molecule has 0 bridgehead atoms. The highest BCUT2D eigenvalue weighted by Crippen LogP contribution is 2.29. The summed E-state index contributed by atoms with van der Waals surface area (Å²) in [6.07, 6.45) is 14.1. The van der Waals surface area contributed by atoms with Gasteiger partial charge in [0.2, 0.25) is 0 Å². The number of hydrogen-bond donors (Lipinski definition) is 4. The second-order valence-corrected chi connectivity index (χ2v) is 13.8. The van der Waals surface area contributed by atoms with E-state index in [0.717, 1.165) is 58.6 Å². The number of ether oxygens (including phenoxy) is 2. The summed E-state index contributed by atoms with van der Waals surface area (Å²) in [6.45, 7) is 0. The third-order valence-corrected chi connectivity index (χ3v) is 7.40. The molecule has 0 aliphatic carbocycles. The van der Waals surface area contributed by atoms with Gasteiger partial charge in [0, 0.05) is 73.5 Å². The molecule has 2 amide bonds. The highest BCUT2D eigenvalue weighted by molar-refractivity contribution is 7.80. The molecule has 0 unspecified atom stereocenters. The van der Waals surface area contributed by atoms with Crippen LogP contribution in [-0.4, -0.2) is 95.2 Å². The molecule has 0 aliphatic rings. The summed E-state index contributed by atoms with van der Waals surface area (Å²) in [4.78, 5) is 36.2. The molecule has 4 aromatic rings. The second-order valence-electron chi connectivity index (χ2n) is 12.0. The van der Waals surface area contributed by atoms with Gasteiger partial charge in [-0.25, -0.2) is 9.59 Å². The minimum Gasteiger partial charge on any atom is -0.410 e. The van der Waals surface area contributed by atoms with Gasteiger partial charge in [0.15, 0.2) is 0 Å². The number of amides is 2. The van der Waals surface area contributed by atoms with Crippen LogP contribution in [0.3, 0.4) is 0 Å². The minimum atomic E-state index is -4.67. The van der Waals surface area contributed by atoms with Crippen molar-refractivity contribution in [2.75, 3.05) is 28.2 Å². The lowest BCUT2D eigenvalue weighted by molar-refractivity contribution is 0.171. The summed E-state index contributed by atoms with van der Waals surface area (Å²) < 4.78 is 74.3. The number of aromatic nitrogens is 2. The van der Waals surface area contributed by atoms with E-state index in [1.165, 1.54) is 48.3 Å². The normalized spacial score (nSPS) is 11.2. The predicted molar refractivity (Wildman–Crippen MR) is 196 cm³/mol. The van der Waals surface area contributed by atoms with E-state index in [-0.39, 0.29) is 12.2 Å². The fraction of sp³-hybridized carbons (Fsp3) is 0.412. The zero-order chi connectivity index (χ0) is 38.9. The molecule has 0 fully saturated rings. The first-order valence-corrected chi connectivity index (χ1v) is 19.1. The fourth-order valence-electron chi connectivity index (χ4n) is 5.07. The number of nitrogens with zero attached hydrogens (tertiary/aromatic N) is 4. The lowest BCUT2D eigenvalue weighted by atomic mass is 10.0. The van der Waals surface area contributed by atoms with Gasteiger partial charge in [-0.15, -0.1) is 0 Å². The first-order valence-electron chi connectivity index (χ1n) is 16.3. The Labute approximate surface area is 303 Å². The summed E-state index contributed by atoms with van der Waals surface area (Å²) in [5.41, 5.74) is 2.11. The zero-order valence-corrected chi connectivity index (χ0v) is 31.1. The van der Waals surface area contributed by atoms with Gasteiger partial charge >= 0.3 is 33.0 Å². The van der Waals surface area contributed by atoms with E-state index in [9.17, 15) is 9.59 Å². The molecule has 0 radical (unpaired) electrons. The Balaban J connectivity index is 0.000000825. The Morgan fingerprint density at radius 2 is 0.846 bits per heavy atom. The molecule has 4 rings (SSSR count). The van der Waals surface area contributed by atoms with Gasteiger partial charge in [-0.05, 0) is 49.9 Å². The van der Waals surface area contributed by atoms with Gasteiger partial charge in [-0.3, -0.25) is 28.2 Å². The van der Waals surface area contributed by atoms with E-state index in [1.807, 2.05) is 36.4 Å². The van der Waals surface area contributed by atoms with Crippen LogP contribution in [0, 0.1) is 0 Å². The molecule has 0 spiro atoms. The molecule has 2 aromatic carbocycles. The van der Waals surface area contributed by atoms with Crippen molar-refractivity contribution >= 4 is 54.5 Å². The highest BCUT2D eigenvalue weighted by atomic mass is 32.3. The van der Waals surface area contributed by atoms with E-state index in [0.29, 0.717) is 11.5 Å². The number of aryl methyl sites for hydroxylation is 2. The fourth-order valence-corrected chi connectivity index (χ4v) is 5.07. The number of pyridine rings is 2. The quantitative estimate of drug-likeness (QED) is 0.0840. The Morgan fingerprint density at radius 3 is 1.15 bits per heavy atom. The standard InChI is InChI=1S/C34H42N4O4.2H2O4S/c1-37(2)33(39)41-31-19-13-15-25-27(31)21-23-35-29(25)17-11-9-7-5-6-8-10-12-18-30-26-16-14-20-32(28(26)22-24-36-30)42-34(40)38(3)4;2*1-5(2,3)4/h13-16,19-24H,5-12,17-18H2,1-4H3;2*(H2,1,2,3,4). The van der Waals surface area contributed by atoms with Crippen molar-refractivity contribution in [2.24, 2.45) is 0 Å². The van der Waals surface area contributed by atoms with Crippen molar-refractivity contribution in [1.82, 2.24) is 19.8 Å². The van der Waals surface area contributed by atoms with Gasteiger partial charge < -0.3 is 19.3 Å². The SMILES string of the molecule is CN(C)C(=O)Oc1cccc2c(CCCCCCCCCCc3nccc4c(OC(=O)N(C)C)cccc34)nccc12.O=S(=O)(O)O.O=S(=O)(O)O. The molecule has 52 heavy (non-hydrogen) atoms. The lowest BCUT2D eigenvalue weighted by Gasteiger charge is -2.13. The second kappa shape index (κ2) is 21.2. The largest absolute Gasteiger partial charge is 0.414 e. The van der Waals surface area contributed by atoms with Crippen LogP contribution in [0.25, 0.3) is 21.5 Å². The van der Waals surface area contributed by atoms with Crippen LogP contribution in [0.5, 0.6) is 11.5 Å². The first-order chi connectivity index (χ1) is 24.3. The van der Waals surface area contributed by atoms with Crippen molar-refractivity contribution < 1.29 is 54.1 Å². The van der Waals surface area contributed by atoms with Crippen molar-refractivity contribution in [1.29, 1.82) is 0 Å². The highest BCUT2D eigenvalue weighted by Gasteiger charge is 2.13. The third kappa shape index (κ3) is 17.2. The molecule has 0 aliphatic heterocycles. The Bertz CT molecular complexity index is 1830. The molecule has 4 N–H and O–H groups in total. The van der Waals surface area contributed by atoms with E-state index < -0.39 is 20.8 Å². The van der Waals surface area contributed by atoms with Gasteiger partial charge in [-0.2, -0.15) is 16.8 Å². The Hall–Kier alpha value is -4.46. The van der Waals surface area contributed by atoms with Crippen LogP contribution < -0.4 is 9.47 Å². The smallest absolute Gasteiger partial charge is 0.410 e. The maximum Gasteiger partial charge on any atom is 0.414 e. The number of carbonyl (C=O) groups excluding carboxylic acids is 2. The van der Waals surface area contributed by atoms with E-state index in [2.05, 4.69) is 22.1 Å². The minimum absolute atomic E-state index is 0.385. The maximum absolute atomic E-state index is 12.0. The van der Waals surface area contributed by atoms with E-state index >= 15 is 0 Å². The lowest BCUT2D eigenvalue weighted by Crippen LogP contribution is -2.25. The molecular formula is C34H46N4O12S2. The number of fused-ring (bicyclic) bond motifs is 2. The molecule has 0 atom stereocenters. The predicted octanol–water partition coefficient (Wildman–Crippen LogP) is 6.50. The van der Waals surface area contributed by atoms with Crippen molar-refractivity contribution in [3.63, 3.8) is 0 Å². The number of hydrogen-bond acceptors (Lipinski definition) is 10. The van der Waals surface area contributed by atoms with Gasteiger partial charge in [-0.1, -0.05) is 62.8 Å². The van der Waals surface area contributed by atoms with Crippen molar-refractivity contribution in [3.8, 4) is 11.5 Å². The summed E-state index contributed by atoms with van der Waals surface area (Å²) in [5, 5.41) is 3.94. The number of rotatable bonds is 13. The monoisotopic (exact) mass is 766 g/mol. The van der Waals surface area contributed by atoms with Crippen molar-refractivity contribution in [2.45, 2.75) is 64.2 Å². The van der Waals surface area contributed by atoms with Crippen LogP contribution in [-0.2, 0) is 33.6 Å². The van der Waals surface area contributed by atoms with E-state index in [1.54, 1.807) is 40.6 Å². The summed E-state index contributed by atoms with van der Waals surface area (Å²) >= 11 is 0. The topological polar surface area (TPSA) is 234 Å². The van der Waals surface area contributed by atoms with E-state index in [4.69, 9.17) is 44.5 Å². The third-order valence-electron chi connectivity index (χ3n) is 7.40. The number of unbranched alkanes of at least 4 members (excludes halogenated alkanes) is 7. The average Bonchev–Trinajstić information content (AvgIpc) is 3.04. The molecule has 0 saturated carbocycles. The zero-order valence-electron chi connectivity index (χ0n) is 29.5. The summed E-state index contributed by atoms with van der Waals surface area (Å²) in [6, 6.07) is 15.4. The van der Waals surface area contributed by atoms with Gasteiger partial charge in [0.25, 0.3) is 0 Å². The van der Waals surface area contributed by atoms with Crippen LogP contribution >= 0.6 is 0 Å². The van der Waals surface area contributed by atoms with Crippen LogP contribution in [0.15, 0.2) is 60.9 Å². The maximum atomic E-state index is 12.0. The average molecular weight is 767 g/mol. The molecule has 2 aromatic heterocycles. The van der Waals surface area contributed by atoms with Gasteiger partial charge in [0.05, 0.1) is 0 Å². The van der Waals surface area contributed by atoms with Crippen LogP contribution in [0.4, 0.5) is 9.59 Å². The molecule has 18 heteroatoms. The molecule has 16 nitrogen and oxygen atoms in total. The Morgan fingerprint density at radius 1 is 0.538 bits per heavy atom. The van der Waals surface area contributed by atoms with Gasteiger partial charge in [0.1, 0.15) is 11.5 Å². The molecule has 2 heterocycles. The molecule has 0 saturated heterocycles. The summed E-state index contributed by atoms with van der Waals surface area (Å²) in [5.74, 6) is 1.14. The number of benzene rings is 2. The van der Waals surface area contributed by atoms with Crippen LogP contribution in [0.1, 0.15) is 62.8 Å².